The van der Waals surface area contributed by atoms with E-state index in [2.05, 4.69) is 29.8 Å². The molecule has 1 heterocycles. The first-order valence-corrected chi connectivity index (χ1v) is 7.48. The molecule has 94 valence electrons. The zero-order valence-corrected chi connectivity index (χ0v) is 11.5. The predicted octanol–water partition coefficient (Wildman–Crippen LogP) is 2.96. The number of benzene rings is 1. The topological polar surface area (TPSA) is 21.3 Å². The van der Waals surface area contributed by atoms with Crippen LogP contribution in [0.5, 0.6) is 5.75 Å². The minimum absolute atomic E-state index is 0.828. The summed E-state index contributed by atoms with van der Waals surface area (Å²) in [6.07, 6.45) is 5.91. The van der Waals surface area contributed by atoms with Crippen molar-refractivity contribution in [2.75, 3.05) is 26.5 Å². The van der Waals surface area contributed by atoms with E-state index in [0.29, 0.717) is 0 Å². The Kier molecular flexibility index (Phi) is 4.75. The van der Waals surface area contributed by atoms with Crippen LogP contribution in [0.1, 0.15) is 18.4 Å². The van der Waals surface area contributed by atoms with E-state index in [1.54, 1.807) is 18.9 Å². The van der Waals surface area contributed by atoms with Crippen LogP contribution in [0.25, 0.3) is 0 Å². The van der Waals surface area contributed by atoms with Gasteiger partial charge in [-0.3, -0.25) is 0 Å². The zero-order valence-electron chi connectivity index (χ0n) is 10.7. The highest BCUT2D eigenvalue weighted by molar-refractivity contribution is 7.98. The van der Waals surface area contributed by atoms with Gasteiger partial charge in [-0.2, -0.15) is 0 Å². The molecule has 0 unspecified atom stereocenters. The zero-order chi connectivity index (χ0) is 12.1. The Bertz CT molecular complexity index is 361. The molecule has 0 amide bonds. The molecule has 1 aliphatic rings. The van der Waals surface area contributed by atoms with Gasteiger partial charge in [0.25, 0.3) is 0 Å². The average molecular weight is 251 g/mol. The summed E-state index contributed by atoms with van der Waals surface area (Å²) in [4.78, 5) is 1.31. The lowest BCUT2D eigenvalue weighted by atomic mass is 9.91. The molecular weight excluding hydrogens is 230 g/mol. The molecule has 1 N–H and O–H groups in total. The lowest BCUT2D eigenvalue weighted by molar-refractivity contribution is 0.368. The second-order valence-corrected chi connectivity index (χ2v) is 5.37. The normalized spacial score (nSPS) is 17.1. The maximum Gasteiger partial charge on any atom is 0.132 e. The molecule has 0 aliphatic carbocycles. The van der Waals surface area contributed by atoms with E-state index in [4.69, 9.17) is 4.74 Å². The molecule has 0 spiro atoms. The monoisotopic (exact) mass is 251 g/mol. The number of ether oxygens (including phenoxy) is 1. The van der Waals surface area contributed by atoms with Crippen LogP contribution in [-0.4, -0.2) is 26.5 Å². The summed E-state index contributed by atoms with van der Waals surface area (Å²) >= 11 is 1.79. The van der Waals surface area contributed by atoms with E-state index in [1.165, 1.54) is 42.8 Å². The molecule has 1 aromatic rings. The predicted molar refractivity (Wildman–Crippen MR) is 74.1 cm³/mol. The maximum absolute atomic E-state index is 5.43. The Hall–Kier alpha value is -0.670. The van der Waals surface area contributed by atoms with Crippen LogP contribution in [0, 0.1) is 5.92 Å². The van der Waals surface area contributed by atoms with E-state index in [9.17, 15) is 0 Å². The SMILES string of the molecule is COc1cccc(CC2CCNCC2)c1SC. The van der Waals surface area contributed by atoms with Crippen LogP contribution in [0.4, 0.5) is 0 Å². The largest absolute Gasteiger partial charge is 0.496 e. The number of thioether (sulfide) groups is 1. The number of hydrogen-bond acceptors (Lipinski definition) is 3. The number of hydrogen-bond donors (Lipinski definition) is 1. The van der Waals surface area contributed by atoms with Crippen molar-refractivity contribution in [3.63, 3.8) is 0 Å². The first-order chi connectivity index (χ1) is 8.35. The molecular formula is C14H21NOS. The van der Waals surface area contributed by atoms with Crippen molar-refractivity contribution in [1.29, 1.82) is 0 Å². The quantitative estimate of drug-likeness (QED) is 0.831. The molecule has 2 nitrogen and oxygen atoms in total. The van der Waals surface area contributed by atoms with Gasteiger partial charge in [0.1, 0.15) is 5.75 Å². The first-order valence-electron chi connectivity index (χ1n) is 6.25. The minimum Gasteiger partial charge on any atom is -0.496 e. The molecule has 1 aliphatic heterocycles. The molecule has 1 saturated heterocycles. The van der Waals surface area contributed by atoms with E-state index in [0.717, 1.165) is 11.7 Å². The molecule has 0 bridgehead atoms. The molecule has 0 atom stereocenters. The third-order valence-electron chi connectivity index (χ3n) is 3.45. The van der Waals surface area contributed by atoms with Crippen molar-refractivity contribution in [2.45, 2.75) is 24.2 Å². The molecule has 0 saturated carbocycles. The van der Waals surface area contributed by atoms with Crippen molar-refractivity contribution < 1.29 is 4.74 Å². The van der Waals surface area contributed by atoms with Crippen LogP contribution in [0.15, 0.2) is 23.1 Å². The van der Waals surface area contributed by atoms with Crippen molar-refractivity contribution in [2.24, 2.45) is 5.92 Å². The van der Waals surface area contributed by atoms with Gasteiger partial charge in [0.15, 0.2) is 0 Å². The Labute approximate surface area is 108 Å². The van der Waals surface area contributed by atoms with Crippen molar-refractivity contribution >= 4 is 11.8 Å². The molecule has 1 fully saturated rings. The summed E-state index contributed by atoms with van der Waals surface area (Å²) in [5.74, 6) is 1.85. The van der Waals surface area contributed by atoms with Crippen LogP contribution in [0.3, 0.4) is 0 Å². The van der Waals surface area contributed by atoms with Crippen molar-refractivity contribution in [1.82, 2.24) is 5.32 Å². The third kappa shape index (κ3) is 3.17. The van der Waals surface area contributed by atoms with E-state index in [-0.39, 0.29) is 0 Å². The number of nitrogens with one attached hydrogen (secondary N) is 1. The number of rotatable bonds is 4. The van der Waals surface area contributed by atoms with E-state index >= 15 is 0 Å². The van der Waals surface area contributed by atoms with Crippen molar-refractivity contribution in [3.8, 4) is 5.75 Å². The van der Waals surface area contributed by atoms with Crippen LogP contribution < -0.4 is 10.1 Å². The van der Waals surface area contributed by atoms with E-state index in [1.807, 2.05) is 0 Å². The van der Waals surface area contributed by atoms with Crippen LogP contribution in [0.2, 0.25) is 0 Å². The summed E-state index contributed by atoms with van der Waals surface area (Å²) in [7, 11) is 1.75. The van der Waals surface area contributed by atoms with Gasteiger partial charge in [-0.25, -0.2) is 0 Å². The lowest BCUT2D eigenvalue weighted by Crippen LogP contribution is -2.28. The Morgan fingerprint density at radius 2 is 2.12 bits per heavy atom. The standard InChI is InChI=1S/C14H21NOS/c1-16-13-5-3-4-12(14(13)17-2)10-11-6-8-15-9-7-11/h3-5,11,15H,6-10H2,1-2H3. The van der Waals surface area contributed by atoms with Gasteiger partial charge in [0.05, 0.1) is 12.0 Å². The minimum atomic E-state index is 0.828. The Balaban J connectivity index is 2.13. The van der Waals surface area contributed by atoms with Gasteiger partial charge in [0, 0.05) is 0 Å². The highest BCUT2D eigenvalue weighted by atomic mass is 32.2. The molecule has 2 rings (SSSR count). The van der Waals surface area contributed by atoms with Crippen LogP contribution in [-0.2, 0) is 6.42 Å². The first kappa shape index (κ1) is 12.8. The molecule has 1 aromatic carbocycles. The lowest BCUT2D eigenvalue weighted by Gasteiger charge is -2.23. The van der Waals surface area contributed by atoms with Gasteiger partial charge in [-0.05, 0) is 56.2 Å². The average Bonchev–Trinajstić information content (AvgIpc) is 2.39. The van der Waals surface area contributed by atoms with Gasteiger partial charge in [-0.15, -0.1) is 11.8 Å². The second kappa shape index (κ2) is 6.31. The van der Waals surface area contributed by atoms with Gasteiger partial charge >= 0.3 is 0 Å². The summed E-state index contributed by atoms with van der Waals surface area (Å²) in [5.41, 5.74) is 1.45. The highest BCUT2D eigenvalue weighted by Gasteiger charge is 2.16. The number of methoxy groups -OCH3 is 1. The Morgan fingerprint density at radius 3 is 2.76 bits per heavy atom. The molecule has 0 radical (unpaired) electrons. The second-order valence-electron chi connectivity index (χ2n) is 4.55. The maximum atomic E-state index is 5.43. The fourth-order valence-corrected chi connectivity index (χ4v) is 3.28. The molecule has 17 heavy (non-hydrogen) atoms. The highest BCUT2D eigenvalue weighted by Crippen LogP contribution is 2.33. The summed E-state index contributed by atoms with van der Waals surface area (Å²) < 4.78 is 5.43. The van der Waals surface area contributed by atoms with Crippen LogP contribution >= 0.6 is 11.8 Å². The summed E-state index contributed by atoms with van der Waals surface area (Å²) in [5, 5.41) is 3.42. The molecule has 0 aromatic heterocycles. The molecule has 3 heteroatoms. The third-order valence-corrected chi connectivity index (χ3v) is 4.32. The number of piperidine rings is 1. The van der Waals surface area contributed by atoms with Gasteiger partial charge in [0.2, 0.25) is 0 Å². The smallest absolute Gasteiger partial charge is 0.132 e. The fraction of sp³-hybridized carbons (Fsp3) is 0.571. The van der Waals surface area contributed by atoms with Gasteiger partial charge in [-0.1, -0.05) is 12.1 Å². The Morgan fingerprint density at radius 1 is 1.35 bits per heavy atom. The fourth-order valence-electron chi connectivity index (χ4n) is 2.51. The van der Waals surface area contributed by atoms with Gasteiger partial charge < -0.3 is 10.1 Å². The van der Waals surface area contributed by atoms with Crippen molar-refractivity contribution in [3.05, 3.63) is 23.8 Å². The summed E-state index contributed by atoms with van der Waals surface area (Å²) in [6.45, 7) is 2.34. The summed E-state index contributed by atoms with van der Waals surface area (Å²) in [6, 6.07) is 6.41. The van der Waals surface area contributed by atoms with E-state index < -0.39 is 0 Å².